The Balaban J connectivity index is 1.69. The minimum atomic E-state index is -2.24. The van der Waals surface area contributed by atoms with Crippen LogP contribution in [0.5, 0.6) is 17.2 Å². The first-order valence-corrected chi connectivity index (χ1v) is 12.4. The molecule has 2 aromatic carbocycles. The molecule has 2 aromatic rings. The van der Waals surface area contributed by atoms with Crippen LogP contribution < -0.4 is 10.5 Å². The second kappa shape index (κ2) is 9.66. The van der Waals surface area contributed by atoms with Gasteiger partial charge in [0.2, 0.25) is 5.78 Å². The van der Waals surface area contributed by atoms with Gasteiger partial charge in [-0.1, -0.05) is 12.1 Å². The van der Waals surface area contributed by atoms with E-state index in [1.54, 1.807) is 6.92 Å². The zero-order chi connectivity index (χ0) is 28.4. The molecule has 0 amide bonds. The van der Waals surface area contributed by atoms with Crippen LogP contribution in [0.2, 0.25) is 0 Å². The molecule has 7 N–H and O–H groups in total. The van der Waals surface area contributed by atoms with Crippen molar-refractivity contribution in [1.82, 2.24) is 0 Å². The third-order valence-corrected chi connectivity index (χ3v) is 7.81. The topological polar surface area (TPSA) is 206 Å². The molecule has 39 heavy (non-hydrogen) atoms. The SMILES string of the molecule is COc1cccc2c1C(=O)c1c(O)c3c(c(O)c1C2=O)C[C@](O)(C(=O)CO)C[C@@H]3O[C@@H]1C[C@H](N)[C@H](O)[C@H](C)O1. The summed E-state index contributed by atoms with van der Waals surface area (Å²) < 4.78 is 17.0. The summed E-state index contributed by atoms with van der Waals surface area (Å²) in [7, 11) is 1.32. The molecule has 6 atom stereocenters. The number of benzene rings is 2. The van der Waals surface area contributed by atoms with Crippen LogP contribution in [0.15, 0.2) is 18.2 Å². The van der Waals surface area contributed by atoms with Gasteiger partial charge in [-0.3, -0.25) is 14.4 Å². The number of aliphatic hydroxyl groups is 3. The molecular formula is C27H29NO11. The maximum Gasteiger partial charge on any atom is 0.202 e. The molecule has 2 aliphatic carbocycles. The number of aromatic hydroxyl groups is 2. The molecule has 0 bridgehead atoms. The summed E-state index contributed by atoms with van der Waals surface area (Å²) in [6.07, 6.45) is -5.12. The summed E-state index contributed by atoms with van der Waals surface area (Å²) in [4.78, 5) is 39.7. The minimum Gasteiger partial charge on any atom is -0.507 e. The number of Topliss-reactive ketones (excluding diaryl/α,β-unsaturated/α-hetero) is 1. The van der Waals surface area contributed by atoms with Crippen molar-refractivity contribution in [2.45, 2.75) is 62.4 Å². The zero-order valence-electron chi connectivity index (χ0n) is 21.2. The van der Waals surface area contributed by atoms with E-state index in [2.05, 4.69) is 0 Å². The molecule has 0 spiro atoms. The van der Waals surface area contributed by atoms with Crippen molar-refractivity contribution in [3.63, 3.8) is 0 Å². The Bertz CT molecular complexity index is 1380. The highest BCUT2D eigenvalue weighted by molar-refractivity contribution is 6.31. The van der Waals surface area contributed by atoms with Crippen LogP contribution in [0, 0.1) is 0 Å². The second-order valence-electron chi connectivity index (χ2n) is 10.2. The zero-order valence-corrected chi connectivity index (χ0v) is 21.2. The van der Waals surface area contributed by atoms with Gasteiger partial charge in [-0.15, -0.1) is 0 Å². The number of hydrogen-bond acceptors (Lipinski definition) is 12. The summed E-state index contributed by atoms with van der Waals surface area (Å²) in [5.74, 6) is -3.77. The second-order valence-corrected chi connectivity index (χ2v) is 10.2. The number of ether oxygens (including phenoxy) is 3. The lowest BCUT2D eigenvalue weighted by Crippen LogP contribution is -2.53. The predicted molar refractivity (Wildman–Crippen MR) is 132 cm³/mol. The van der Waals surface area contributed by atoms with Crippen molar-refractivity contribution >= 4 is 17.3 Å². The Labute approximate surface area is 222 Å². The van der Waals surface area contributed by atoms with Gasteiger partial charge in [0.15, 0.2) is 17.9 Å². The fourth-order valence-electron chi connectivity index (χ4n) is 5.75. The smallest absolute Gasteiger partial charge is 0.202 e. The van der Waals surface area contributed by atoms with Crippen LogP contribution in [-0.4, -0.2) is 86.7 Å². The number of phenols is 2. The largest absolute Gasteiger partial charge is 0.507 e. The van der Waals surface area contributed by atoms with Crippen LogP contribution in [0.25, 0.3) is 0 Å². The lowest BCUT2D eigenvalue weighted by molar-refractivity contribution is -0.247. The van der Waals surface area contributed by atoms with Gasteiger partial charge in [0.05, 0.1) is 42.1 Å². The quantitative estimate of drug-likeness (QED) is 0.235. The van der Waals surface area contributed by atoms with Crippen molar-refractivity contribution in [2.24, 2.45) is 5.73 Å². The fraction of sp³-hybridized carbons (Fsp3) is 0.444. The van der Waals surface area contributed by atoms with Crippen LogP contribution in [0.3, 0.4) is 0 Å². The van der Waals surface area contributed by atoms with Crippen LogP contribution in [0.4, 0.5) is 0 Å². The number of carbonyl (C=O) groups excluding carboxylic acids is 3. The molecule has 1 heterocycles. The first kappa shape index (κ1) is 27.2. The number of phenolic OH excluding ortho intramolecular Hbond substituents is 2. The molecule has 12 nitrogen and oxygen atoms in total. The molecule has 208 valence electrons. The Morgan fingerprint density at radius 3 is 2.49 bits per heavy atom. The lowest BCUT2D eigenvalue weighted by Gasteiger charge is -2.42. The molecule has 1 saturated heterocycles. The molecule has 5 rings (SSSR count). The lowest BCUT2D eigenvalue weighted by atomic mass is 9.72. The van der Waals surface area contributed by atoms with Gasteiger partial charge < -0.3 is 45.5 Å². The fourth-order valence-corrected chi connectivity index (χ4v) is 5.75. The first-order chi connectivity index (χ1) is 18.4. The predicted octanol–water partition coefficient (Wildman–Crippen LogP) is 0.00130. The summed E-state index contributed by atoms with van der Waals surface area (Å²) in [6, 6.07) is 3.64. The molecular weight excluding hydrogens is 514 g/mol. The highest BCUT2D eigenvalue weighted by Gasteiger charge is 2.50. The van der Waals surface area contributed by atoms with E-state index in [0.717, 1.165) is 0 Å². The monoisotopic (exact) mass is 543 g/mol. The summed E-state index contributed by atoms with van der Waals surface area (Å²) in [5.41, 5.74) is 2.37. The van der Waals surface area contributed by atoms with Crippen molar-refractivity contribution in [1.29, 1.82) is 0 Å². The van der Waals surface area contributed by atoms with Gasteiger partial charge in [0, 0.05) is 42.0 Å². The maximum atomic E-state index is 13.6. The van der Waals surface area contributed by atoms with Gasteiger partial charge in [-0.05, 0) is 13.0 Å². The van der Waals surface area contributed by atoms with E-state index in [-0.39, 0.29) is 34.4 Å². The number of carbonyl (C=O) groups is 3. The molecule has 0 unspecified atom stereocenters. The van der Waals surface area contributed by atoms with Crippen LogP contribution in [-0.2, 0) is 20.7 Å². The van der Waals surface area contributed by atoms with Gasteiger partial charge >= 0.3 is 0 Å². The normalized spacial score (nSPS) is 29.8. The number of aliphatic hydroxyl groups excluding tert-OH is 2. The molecule has 12 heteroatoms. The summed E-state index contributed by atoms with van der Waals surface area (Å²) in [6.45, 7) is 0.560. The molecule has 0 aromatic heterocycles. The van der Waals surface area contributed by atoms with E-state index < -0.39 is 95.7 Å². The molecule has 1 aliphatic heterocycles. The van der Waals surface area contributed by atoms with Gasteiger partial charge in [-0.25, -0.2) is 0 Å². The van der Waals surface area contributed by atoms with Crippen molar-refractivity contribution in [3.8, 4) is 17.2 Å². The Kier molecular flexibility index (Phi) is 6.74. The first-order valence-electron chi connectivity index (χ1n) is 12.4. The number of hydrogen-bond donors (Lipinski definition) is 6. The number of methoxy groups -OCH3 is 1. The Hall–Kier alpha value is -3.39. The van der Waals surface area contributed by atoms with E-state index in [1.807, 2.05) is 0 Å². The molecule has 0 saturated carbocycles. The molecule has 0 radical (unpaired) electrons. The number of fused-ring (bicyclic) bond motifs is 3. The third-order valence-electron chi connectivity index (χ3n) is 7.81. The van der Waals surface area contributed by atoms with Gasteiger partial charge in [-0.2, -0.15) is 0 Å². The van der Waals surface area contributed by atoms with Crippen molar-refractivity contribution in [3.05, 3.63) is 51.6 Å². The molecule has 3 aliphatic rings. The minimum absolute atomic E-state index is 0.0173. The van der Waals surface area contributed by atoms with Crippen molar-refractivity contribution < 1.29 is 54.1 Å². The van der Waals surface area contributed by atoms with E-state index in [0.29, 0.717) is 0 Å². The van der Waals surface area contributed by atoms with Crippen LogP contribution >= 0.6 is 0 Å². The number of rotatable bonds is 5. The van der Waals surface area contributed by atoms with E-state index in [4.69, 9.17) is 19.9 Å². The van der Waals surface area contributed by atoms with Crippen molar-refractivity contribution in [2.75, 3.05) is 13.7 Å². The number of ketones is 3. The molecule has 1 fully saturated rings. The highest BCUT2D eigenvalue weighted by atomic mass is 16.7. The average molecular weight is 544 g/mol. The van der Waals surface area contributed by atoms with Gasteiger partial charge in [0.25, 0.3) is 0 Å². The number of nitrogens with two attached hydrogens (primary N) is 1. The highest BCUT2D eigenvalue weighted by Crippen LogP contribution is 2.52. The maximum absolute atomic E-state index is 13.6. The van der Waals surface area contributed by atoms with E-state index in [1.165, 1.54) is 25.3 Å². The summed E-state index contributed by atoms with van der Waals surface area (Å²) >= 11 is 0. The van der Waals surface area contributed by atoms with E-state index >= 15 is 0 Å². The van der Waals surface area contributed by atoms with E-state index in [9.17, 15) is 39.9 Å². The van der Waals surface area contributed by atoms with Crippen LogP contribution in [0.1, 0.15) is 68.8 Å². The average Bonchev–Trinajstić information content (AvgIpc) is 2.90. The van der Waals surface area contributed by atoms with Gasteiger partial charge in [0.1, 0.15) is 29.5 Å². The third kappa shape index (κ3) is 4.11. The Morgan fingerprint density at radius 2 is 1.85 bits per heavy atom. The summed E-state index contributed by atoms with van der Waals surface area (Å²) in [5, 5.41) is 53.7. The Morgan fingerprint density at radius 1 is 1.15 bits per heavy atom. The standard InChI is InChI=1S/C27H29NO11/c1-10-22(31)13(28)6-17(38-10)39-15-8-27(36,16(30)9-29)7-12-19(15)26(35)21-20(24(12)33)23(32)11-4-3-5-14(37-2)18(11)25(21)34/h3-5,10,13,15,17,22,29,31,33,35-36H,6-9,28H2,1-2H3/t10-,13-,15-,17+,22+,27+/m0/s1.